The second-order valence-corrected chi connectivity index (χ2v) is 5.98. The van der Waals surface area contributed by atoms with Gasteiger partial charge in [0, 0.05) is 12.3 Å². The minimum Gasteiger partial charge on any atom is -0.350 e. The molecule has 2 aliphatic rings. The van der Waals surface area contributed by atoms with Gasteiger partial charge in [0.2, 0.25) is 0 Å². The van der Waals surface area contributed by atoms with Gasteiger partial charge in [-0.1, -0.05) is 38.3 Å². The van der Waals surface area contributed by atoms with Crippen LogP contribution < -0.4 is 0 Å². The second kappa shape index (κ2) is 6.21. The lowest BCUT2D eigenvalue weighted by Crippen LogP contribution is -2.47. The minimum atomic E-state index is -0.326. The first-order chi connectivity index (χ1) is 8.67. The quantitative estimate of drug-likeness (QED) is 0.673. The summed E-state index contributed by atoms with van der Waals surface area (Å²) in [4.78, 5) is 0. The van der Waals surface area contributed by atoms with Gasteiger partial charge in [-0.05, 0) is 32.6 Å². The summed E-state index contributed by atoms with van der Waals surface area (Å²) in [6.07, 6.45) is 11.1. The van der Waals surface area contributed by atoms with Crippen LogP contribution in [0.3, 0.4) is 0 Å². The molecule has 3 atom stereocenters. The number of fused-ring (bicyclic) bond motifs is 1. The number of ether oxygens (including phenoxy) is 2. The molecule has 0 saturated carbocycles. The summed E-state index contributed by atoms with van der Waals surface area (Å²) in [5, 5.41) is 0. The van der Waals surface area contributed by atoms with Gasteiger partial charge in [-0.3, -0.25) is 0 Å². The lowest BCUT2D eigenvalue weighted by Gasteiger charge is -2.44. The fourth-order valence-corrected chi connectivity index (χ4v) is 3.12. The average molecular weight is 252 g/mol. The topological polar surface area (TPSA) is 18.5 Å². The molecule has 0 aromatic heterocycles. The SMILES string of the molecule is CCCCC1(C)OCC2C=C(CCC)CCC2O1. The maximum Gasteiger partial charge on any atom is 0.165 e. The molecule has 2 heteroatoms. The van der Waals surface area contributed by atoms with Gasteiger partial charge in [-0.2, -0.15) is 0 Å². The van der Waals surface area contributed by atoms with E-state index in [0.29, 0.717) is 12.0 Å². The molecule has 1 aliphatic heterocycles. The fraction of sp³-hybridized carbons (Fsp3) is 0.875. The normalized spacial score (nSPS) is 36.1. The van der Waals surface area contributed by atoms with E-state index in [9.17, 15) is 0 Å². The highest BCUT2D eigenvalue weighted by molar-refractivity contribution is 5.11. The van der Waals surface area contributed by atoms with Crippen LogP contribution in [0.5, 0.6) is 0 Å². The summed E-state index contributed by atoms with van der Waals surface area (Å²) in [6.45, 7) is 7.43. The summed E-state index contributed by atoms with van der Waals surface area (Å²) >= 11 is 0. The summed E-state index contributed by atoms with van der Waals surface area (Å²) in [5.41, 5.74) is 1.61. The molecule has 104 valence electrons. The molecule has 1 aliphatic carbocycles. The molecule has 2 nitrogen and oxygen atoms in total. The van der Waals surface area contributed by atoms with Gasteiger partial charge in [0.15, 0.2) is 5.79 Å². The van der Waals surface area contributed by atoms with Crippen molar-refractivity contribution in [2.75, 3.05) is 6.61 Å². The summed E-state index contributed by atoms with van der Waals surface area (Å²) in [5.74, 6) is 0.169. The fourth-order valence-electron chi connectivity index (χ4n) is 3.12. The smallest absolute Gasteiger partial charge is 0.165 e. The van der Waals surface area contributed by atoms with Crippen molar-refractivity contribution < 1.29 is 9.47 Å². The van der Waals surface area contributed by atoms with Crippen LogP contribution in [0.4, 0.5) is 0 Å². The average Bonchev–Trinajstić information content (AvgIpc) is 2.37. The predicted molar refractivity (Wildman–Crippen MR) is 74.5 cm³/mol. The maximum atomic E-state index is 6.24. The van der Waals surface area contributed by atoms with Crippen molar-refractivity contribution in [3.63, 3.8) is 0 Å². The van der Waals surface area contributed by atoms with Crippen molar-refractivity contribution in [3.8, 4) is 0 Å². The standard InChI is InChI=1S/C16H28O2/c1-4-6-10-16(3)17-12-14-11-13(7-5-2)8-9-15(14)18-16/h11,14-15H,4-10,12H2,1-3H3. The van der Waals surface area contributed by atoms with E-state index in [1.54, 1.807) is 5.57 Å². The highest BCUT2D eigenvalue weighted by Crippen LogP contribution is 2.37. The zero-order chi connectivity index (χ0) is 13.0. The Morgan fingerprint density at radius 1 is 1.33 bits per heavy atom. The van der Waals surface area contributed by atoms with Crippen LogP contribution in [-0.2, 0) is 9.47 Å². The van der Waals surface area contributed by atoms with Crippen molar-refractivity contribution in [3.05, 3.63) is 11.6 Å². The Hall–Kier alpha value is -0.340. The van der Waals surface area contributed by atoms with Gasteiger partial charge < -0.3 is 9.47 Å². The van der Waals surface area contributed by atoms with E-state index in [4.69, 9.17) is 9.47 Å². The number of hydrogen-bond donors (Lipinski definition) is 0. The van der Waals surface area contributed by atoms with E-state index in [2.05, 4.69) is 26.8 Å². The van der Waals surface area contributed by atoms with Crippen molar-refractivity contribution in [2.24, 2.45) is 5.92 Å². The van der Waals surface area contributed by atoms with Crippen molar-refractivity contribution >= 4 is 0 Å². The molecule has 18 heavy (non-hydrogen) atoms. The number of unbranched alkanes of at least 4 members (excludes halogenated alkanes) is 1. The number of allylic oxidation sites excluding steroid dienone is 1. The summed E-state index contributed by atoms with van der Waals surface area (Å²) in [6, 6.07) is 0. The summed E-state index contributed by atoms with van der Waals surface area (Å²) < 4.78 is 12.2. The molecule has 1 heterocycles. The first kappa shape index (κ1) is 14.1. The molecular formula is C16H28O2. The van der Waals surface area contributed by atoms with Crippen molar-refractivity contribution in [2.45, 2.75) is 77.6 Å². The van der Waals surface area contributed by atoms with Gasteiger partial charge in [-0.15, -0.1) is 0 Å². The van der Waals surface area contributed by atoms with Crippen LogP contribution in [0, 0.1) is 5.92 Å². The van der Waals surface area contributed by atoms with E-state index in [1.165, 1.54) is 38.5 Å². The van der Waals surface area contributed by atoms with E-state index in [1.807, 2.05) is 0 Å². The monoisotopic (exact) mass is 252 g/mol. The van der Waals surface area contributed by atoms with Gasteiger partial charge >= 0.3 is 0 Å². The molecular weight excluding hydrogens is 224 g/mol. The molecule has 1 saturated heterocycles. The maximum absolute atomic E-state index is 6.24. The molecule has 3 unspecified atom stereocenters. The Bertz CT molecular complexity index is 297. The zero-order valence-electron chi connectivity index (χ0n) is 12.2. The van der Waals surface area contributed by atoms with Crippen molar-refractivity contribution in [1.29, 1.82) is 0 Å². The third-order valence-corrected chi connectivity index (χ3v) is 4.21. The van der Waals surface area contributed by atoms with Crippen LogP contribution in [-0.4, -0.2) is 18.5 Å². The Balaban J connectivity index is 1.93. The molecule has 2 rings (SSSR count). The third kappa shape index (κ3) is 3.36. The van der Waals surface area contributed by atoms with Gasteiger partial charge in [0.1, 0.15) is 0 Å². The van der Waals surface area contributed by atoms with Gasteiger partial charge in [0.05, 0.1) is 12.7 Å². The first-order valence-corrected chi connectivity index (χ1v) is 7.68. The third-order valence-electron chi connectivity index (χ3n) is 4.21. The molecule has 1 fully saturated rings. The molecule has 0 radical (unpaired) electrons. The van der Waals surface area contributed by atoms with Gasteiger partial charge in [0.25, 0.3) is 0 Å². The minimum absolute atomic E-state index is 0.326. The lowest BCUT2D eigenvalue weighted by molar-refractivity contribution is -0.301. The Morgan fingerprint density at radius 3 is 2.89 bits per heavy atom. The first-order valence-electron chi connectivity index (χ1n) is 7.68. The highest BCUT2D eigenvalue weighted by Gasteiger charge is 2.39. The largest absolute Gasteiger partial charge is 0.350 e. The van der Waals surface area contributed by atoms with Crippen LogP contribution in [0.25, 0.3) is 0 Å². The van der Waals surface area contributed by atoms with Crippen LogP contribution in [0.15, 0.2) is 11.6 Å². The Kier molecular flexibility index (Phi) is 4.85. The molecule has 0 N–H and O–H groups in total. The predicted octanol–water partition coefficient (Wildman–Crippen LogP) is 4.44. The summed E-state index contributed by atoms with van der Waals surface area (Å²) in [7, 11) is 0. The van der Waals surface area contributed by atoms with Crippen LogP contribution >= 0.6 is 0 Å². The number of rotatable bonds is 5. The number of hydrogen-bond acceptors (Lipinski definition) is 2. The van der Waals surface area contributed by atoms with E-state index >= 15 is 0 Å². The lowest BCUT2D eigenvalue weighted by atomic mass is 9.85. The van der Waals surface area contributed by atoms with Crippen molar-refractivity contribution in [1.82, 2.24) is 0 Å². The molecule has 0 aromatic carbocycles. The molecule has 0 bridgehead atoms. The molecule has 0 aromatic rings. The zero-order valence-corrected chi connectivity index (χ0v) is 12.2. The van der Waals surface area contributed by atoms with E-state index in [0.717, 1.165) is 13.0 Å². The van der Waals surface area contributed by atoms with Crippen LogP contribution in [0.2, 0.25) is 0 Å². The Labute approximate surface area is 112 Å². The highest BCUT2D eigenvalue weighted by atomic mass is 16.7. The Morgan fingerprint density at radius 2 is 2.17 bits per heavy atom. The van der Waals surface area contributed by atoms with Crippen LogP contribution in [0.1, 0.15) is 65.7 Å². The van der Waals surface area contributed by atoms with E-state index < -0.39 is 0 Å². The molecule has 0 amide bonds. The van der Waals surface area contributed by atoms with E-state index in [-0.39, 0.29) is 5.79 Å². The molecule has 0 spiro atoms. The second-order valence-electron chi connectivity index (χ2n) is 5.98. The van der Waals surface area contributed by atoms with Gasteiger partial charge in [-0.25, -0.2) is 0 Å².